The molecule has 0 unspecified atom stereocenters. The molecule has 0 saturated carbocycles. The summed E-state index contributed by atoms with van der Waals surface area (Å²) < 4.78 is 65.0. The van der Waals surface area contributed by atoms with Crippen LogP contribution in [0.5, 0.6) is 0 Å². The van der Waals surface area contributed by atoms with E-state index in [4.69, 9.17) is 5.11 Å². The molecular formula is C12H17FN2O6S2. The summed E-state index contributed by atoms with van der Waals surface area (Å²) in [6, 6.07) is 1.13. The zero-order valence-corrected chi connectivity index (χ0v) is 14.2. The molecule has 11 heteroatoms. The zero-order chi connectivity index (χ0) is 18.0. The van der Waals surface area contributed by atoms with Gasteiger partial charge in [-0.15, -0.1) is 0 Å². The van der Waals surface area contributed by atoms with Crippen LogP contribution < -0.4 is 9.44 Å². The van der Waals surface area contributed by atoms with E-state index in [2.05, 4.69) is 0 Å². The molecule has 1 rings (SSSR count). The average Bonchev–Trinajstić information content (AvgIpc) is 2.39. The van der Waals surface area contributed by atoms with E-state index in [-0.39, 0.29) is 0 Å². The number of benzene rings is 1. The van der Waals surface area contributed by atoms with Gasteiger partial charge in [-0.3, -0.25) is 9.52 Å². The van der Waals surface area contributed by atoms with Gasteiger partial charge in [0.2, 0.25) is 20.0 Å². The smallest absolute Gasteiger partial charge is 0.321 e. The van der Waals surface area contributed by atoms with E-state index in [1.807, 2.05) is 9.44 Å². The van der Waals surface area contributed by atoms with Crippen LogP contribution in [0.3, 0.4) is 0 Å². The summed E-state index contributed by atoms with van der Waals surface area (Å²) in [6.45, 7) is 3.91. The van der Waals surface area contributed by atoms with Crippen LogP contribution >= 0.6 is 0 Å². The second kappa shape index (κ2) is 6.81. The van der Waals surface area contributed by atoms with E-state index in [1.165, 1.54) is 13.8 Å². The van der Waals surface area contributed by atoms with Gasteiger partial charge in [0, 0.05) is 0 Å². The molecule has 0 fully saturated rings. The fourth-order valence-electron chi connectivity index (χ4n) is 1.37. The van der Waals surface area contributed by atoms with Crippen LogP contribution in [0.15, 0.2) is 23.1 Å². The second-order valence-electron chi connectivity index (χ2n) is 5.02. The Morgan fingerprint density at radius 3 is 2.17 bits per heavy atom. The Morgan fingerprint density at radius 1 is 1.17 bits per heavy atom. The van der Waals surface area contributed by atoms with Gasteiger partial charge in [-0.1, -0.05) is 0 Å². The first-order valence-corrected chi connectivity index (χ1v) is 9.46. The maximum Gasteiger partial charge on any atom is 0.321 e. The van der Waals surface area contributed by atoms with Gasteiger partial charge in [0.05, 0.1) is 15.8 Å². The van der Waals surface area contributed by atoms with Gasteiger partial charge in [-0.25, -0.2) is 21.2 Å². The van der Waals surface area contributed by atoms with Crippen molar-refractivity contribution in [1.82, 2.24) is 4.72 Å². The Bertz CT molecular complexity index is 805. The number of carboxylic acid groups (broad SMARTS) is 1. The van der Waals surface area contributed by atoms with Crippen molar-refractivity contribution in [3.63, 3.8) is 0 Å². The van der Waals surface area contributed by atoms with Crippen LogP contribution in [0.2, 0.25) is 0 Å². The van der Waals surface area contributed by atoms with Gasteiger partial charge in [0.15, 0.2) is 0 Å². The van der Waals surface area contributed by atoms with Gasteiger partial charge in [0.25, 0.3) is 0 Å². The lowest BCUT2D eigenvalue weighted by Crippen LogP contribution is -2.38. The number of aliphatic carboxylic acids is 1. The lowest BCUT2D eigenvalue weighted by atomic mass is 10.3. The van der Waals surface area contributed by atoms with Gasteiger partial charge in [-0.05, 0) is 39.0 Å². The van der Waals surface area contributed by atoms with Crippen molar-refractivity contribution >= 4 is 31.7 Å². The van der Waals surface area contributed by atoms with Crippen molar-refractivity contribution in [2.75, 3.05) is 4.72 Å². The van der Waals surface area contributed by atoms with Gasteiger partial charge in [-0.2, -0.15) is 4.72 Å². The second-order valence-corrected chi connectivity index (χ2v) is 8.97. The highest BCUT2D eigenvalue weighted by atomic mass is 32.2. The van der Waals surface area contributed by atoms with Crippen molar-refractivity contribution in [2.45, 2.75) is 37.0 Å². The number of sulfonamides is 2. The summed E-state index contributed by atoms with van der Waals surface area (Å²) in [7, 11) is -8.04. The number of anilines is 1. The van der Waals surface area contributed by atoms with Crippen molar-refractivity contribution in [3.8, 4) is 0 Å². The first-order chi connectivity index (χ1) is 10.4. The monoisotopic (exact) mass is 368 g/mol. The minimum Gasteiger partial charge on any atom is -0.480 e. The predicted molar refractivity (Wildman–Crippen MR) is 81.5 cm³/mol. The maximum atomic E-state index is 13.9. The number of halogens is 1. The zero-order valence-electron chi connectivity index (χ0n) is 12.6. The molecule has 0 aliphatic rings. The summed E-state index contributed by atoms with van der Waals surface area (Å²) in [5.41, 5.74) is -0.399. The summed E-state index contributed by atoms with van der Waals surface area (Å²) in [4.78, 5) is 10.2. The Kier molecular flexibility index (Phi) is 5.72. The topological polar surface area (TPSA) is 130 Å². The van der Waals surface area contributed by atoms with E-state index in [9.17, 15) is 26.0 Å². The molecule has 0 radical (unpaired) electrons. The molecule has 0 aromatic heterocycles. The Labute approximate surface area is 133 Å². The number of rotatable bonds is 7. The largest absolute Gasteiger partial charge is 0.480 e. The molecule has 1 aromatic rings. The molecule has 1 atom stereocenters. The Hall–Kier alpha value is -1.72. The van der Waals surface area contributed by atoms with Crippen LogP contribution in [0.25, 0.3) is 0 Å². The highest BCUT2D eigenvalue weighted by molar-refractivity contribution is 7.93. The van der Waals surface area contributed by atoms with E-state index < -0.39 is 53.7 Å². The molecule has 1 aromatic carbocycles. The van der Waals surface area contributed by atoms with Gasteiger partial charge >= 0.3 is 5.97 Å². The number of carbonyl (C=O) groups is 1. The van der Waals surface area contributed by atoms with Crippen molar-refractivity contribution < 1.29 is 31.1 Å². The number of carboxylic acids is 1. The molecule has 8 nitrogen and oxygen atoms in total. The van der Waals surface area contributed by atoms with E-state index in [0.717, 1.165) is 19.1 Å². The van der Waals surface area contributed by atoms with Gasteiger partial charge in [0.1, 0.15) is 11.9 Å². The van der Waals surface area contributed by atoms with E-state index in [0.29, 0.717) is 6.07 Å². The lowest BCUT2D eigenvalue weighted by Gasteiger charge is -2.13. The third-order valence-corrected chi connectivity index (χ3v) is 6.11. The normalized spacial score (nSPS) is 13.8. The SMILES string of the molecule is CC(C)S(=O)(=O)Nc1ccc(S(=O)(=O)N[C@@H](C)C(=O)O)cc1F. The van der Waals surface area contributed by atoms with Crippen LogP contribution in [-0.4, -0.2) is 39.2 Å². The first kappa shape index (κ1) is 19.3. The molecule has 0 amide bonds. The summed E-state index contributed by atoms with van der Waals surface area (Å²) in [5.74, 6) is -2.49. The molecular weight excluding hydrogens is 351 g/mol. The quantitative estimate of drug-likeness (QED) is 0.650. The van der Waals surface area contributed by atoms with Crippen molar-refractivity contribution in [1.29, 1.82) is 0 Å². The van der Waals surface area contributed by atoms with Crippen LogP contribution in [0.4, 0.5) is 10.1 Å². The summed E-state index contributed by atoms with van der Waals surface area (Å²) >= 11 is 0. The Balaban J connectivity index is 3.12. The molecule has 0 bridgehead atoms. The molecule has 0 spiro atoms. The fraction of sp³-hybridized carbons (Fsp3) is 0.417. The highest BCUT2D eigenvalue weighted by Crippen LogP contribution is 2.21. The molecule has 0 aliphatic carbocycles. The van der Waals surface area contributed by atoms with Gasteiger partial charge < -0.3 is 5.11 Å². The van der Waals surface area contributed by atoms with E-state index in [1.54, 1.807) is 0 Å². The first-order valence-electron chi connectivity index (χ1n) is 6.43. The summed E-state index contributed by atoms with van der Waals surface area (Å²) in [5, 5.41) is 7.89. The molecule has 0 aliphatic heterocycles. The maximum absolute atomic E-state index is 13.9. The highest BCUT2D eigenvalue weighted by Gasteiger charge is 2.23. The fourth-order valence-corrected chi connectivity index (χ4v) is 3.28. The Morgan fingerprint density at radius 2 is 1.74 bits per heavy atom. The van der Waals surface area contributed by atoms with Crippen molar-refractivity contribution in [2.24, 2.45) is 0 Å². The minimum absolute atomic E-state index is 0.399. The summed E-state index contributed by atoms with van der Waals surface area (Å²) in [6.07, 6.45) is 0. The molecule has 0 saturated heterocycles. The number of hydrogen-bond donors (Lipinski definition) is 3. The molecule has 3 N–H and O–H groups in total. The van der Waals surface area contributed by atoms with E-state index >= 15 is 0 Å². The number of nitrogens with one attached hydrogen (secondary N) is 2. The molecule has 0 heterocycles. The van der Waals surface area contributed by atoms with Crippen molar-refractivity contribution in [3.05, 3.63) is 24.0 Å². The molecule has 130 valence electrons. The predicted octanol–water partition coefficient (Wildman–Crippen LogP) is 0.727. The third-order valence-electron chi connectivity index (χ3n) is 2.83. The molecule has 23 heavy (non-hydrogen) atoms. The standard InChI is InChI=1S/C12H17FN2O6S2/c1-7(2)22(18,19)15-11-5-4-9(6-10(11)13)23(20,21)14-8(3)12(16)17/h4-8,14-15H,1-3H3,(H,16,17)/t8-/m0/s1. The minimum atomic E-state index is -4.25. The number of hydrogen-bond acceptors (Lipinski definition) is 5. The van der Waals surface area contributed by atoms with Crippen LogP contribution in [0, 0.1) is 5.82 Å². The lowest BCUT2D eigenvalue weighted by molar-refractivity contribution is -0.138. The third kappa shape index (κ3) is 4.88. The van der Waals surface area contributed by atoms with Crippen LogP contribution in [0.1, 0.15) is 20.8 Å². The average molecular weight is 368 g/mol. The van der Waals surface area contributed by atoms with Crippen LogP contribution in [-0.2, 0) is 24.8 Å².